The minimum atomic E-state index is -0.863. The number of benzene rings is 3. The normalized spacial score (nSPS) is 18.4. The van der Waals surface area contributed by atoms with Crippen molar-refractivity contribution in [3.05, 3.63) is 89.2 Å². The largest absolute Gasteiger partial charge is 0.508 e. The SMILES string of the molecule is CCCN(C(=O)NCc1ccccc1)N1CC(=O)N2[C@@H](Cc3ccc(O)cc3)C(=O)N(Cc3ccc(F)c4sc(N)nc34)C[C@@H]21. The van der Waals surface area contributed by atoms with Crippen LogP contribution in [0.5, 0.6) is 5.75 Å². The van der Waals surface area contributed by atoms with Crippen molar-refractivity contribution in [3.63, 3.8) is 0 Å². The number of hydrazine groups is 1. The van der Waals surface area contributed by atoms with Crippen molar-refractivity contribution in [2.24, 2.45) is 0 Å². The van der Waals surface area contributed by atoms with Gasteiger partial charge < -0.3 is 26.0 Å². The van der Waals surface area contributed by atoms with Crippen molar-refractivity contribution < 1.29 is 23.9 Å². The first-order valence-corrected chi connectivity index (χ1v) is 15.6. The zero-order valence-electron chi connectivity index (χ0n) is 24.7. The topological polar surface area (TPSA) is 135 Å². The number of urea groups is 1. The summed E-state index contributed by atoms with van der Waals surface area (Å²) in [5, 5.41) is 16.3. The molecule has 0 radical (unpaired) electrons. The predicted molar refractivity (Wildman–Crippen MR) is 168 cm³/mol. The number of fused-ring (bicyclic) bond motifs is 2. The van der Waals surface area contributed by atoms with Crippen LogP contribution < -0.4 is 11.1 Å². The molecule has 45 heavy (non-hydrogen) atoms. The molecule has 3 aromatic carbocycles. The molecule has 2 fully saturated rings. The van der Waals surface area contributed by atoms with Crippen molar-refractivity contribution in [3.8, 4) is 5.75 Å². The lowest BCUT2D eigenvalue weighted by Gasteiger charge is -2.46. The van der Waals surface area contributed by atoms with Gasteiger partial charge in [0.05, 0.1) is 23.3 Å². The predicted octanol–water partition coefficient (Wildman–Crippen LogP) is 3.68. The highest BCUT2D eigenvalue weighted by atomic mass is 32.1. The maximum Gasteiger partial charge on any atom is 0.332 e. The molecular formula is C32H34FN7O4S. The van der Waals surface area contributed by atoms with Gasteiger partial charge in [-0.2, -0.15) is 5.01 Å². The molecule has 4 N–H and O–H groups in total. The molecule has 2 aliphatic heterocycles. The van der Waals surface area contributed by atoms with Crippen LogP contribution in [0.3, 0.4) is 0 Å². The summed E-state index contributed by atoms with van der Waals surface area (Å²) >= 11 is 1.05. The molecule has 4 amide bonds. The second kappa shape index (κ2) is 12.7. The number of thiazole rings is 1. The Balaban J connectivity index is 1.32. The van der Waals surface area contributed by atoms with E-state index in [2.05, 4.69) is 10.3 Å². The number of nitrogens with two attached hydrogens (primary N) is 1. The molecule has 13 heteroatoms. The van der Waals surface area contributed by atoms with E-state index in [0.717, 1.165) is 22.5 Å². The maximum absolute atomic E-state index is 14.6. The highest BCUT2D eigenvalue weighted by molar-refractivity contribution is 7.22. The van der Waals surface area contributed by atoms with E-state index in [1.54, 1.807) is 38.0 Å². The van der Waals surface area contributed by atoms with Crippen molar-refractivity contribution in [1.29, 1.82) is 0 Å². The van der Waals surface area contributed by atoms with Crippen LogP contribution in [0.4, 0.5) is 14.3 Å². The van der Waals surface area contributed by atoms with Gasteiger partial charge in [0.2, 0.25) is 11.8 Å². The van der Waals surface area contributed by atoms with Gasteiger partial charge in [-0.25, -0.2) is 14.2 Å². The van der Waals surface area contributed by atoms with Gasteiger partial charge in [0, 0.05) is 26.1 Å². The van der Waals surface area contributed by atoms with E-state index in [0.29, 0.717) is 35.3 Å². The van der Waals surface area contributed by atoms with Gasteiger partial charge in [-0.3, -0.25) is 14.6 Å². The highest BCUT2D eigenvalue weighted by Crippen LogP contribution is 2.33. The van der Waals surface area contributed by atoms with E-state index in [-0.39, 0.29) is 54.8 Å². The quantitative estimate of drug-likeness (QED) is 0.257. The fraction of sp³-hybridized carbons (Fsp3) is 0.312. The first-order chi connectivity index (χ1) is 21.7. The third kappa shape index (κ3) is 6.13. The fourth-order valence-electron chi connectivity index (χ4n) is 6.05. The number of anilines is 1. The van der Waals surface area contributed by atoms with Gasteiger partial charge in [0.15, 0.2) is 5.13 Å². The number of rotatable bonds is 9. The monoisotopic (exact) mass is 631 g/mol. The summed E-state index contributed by atoms with van der Waals surface area (Å²) in [7, 11) is 0. The van der Waals surface area contributed by atoms with E-state index >= 15 is 0 Å². The number of phenolic OH excluding ortho intramolecular Hbond substituents is 1. The molecule has 2 saturated heterocycles. The molecule has 0 saturated carbocycles. The van der Waals surface area contributed by atoms with Gasteiger partial charge in [0.1, 0.15) is 23.8 Å². The number of carbonyl (C=O) groups is 3. The molecule has 0 unspecified atom stereocenters. The summed E-state index contributed by atoms with van der Waals surface area (Å²) in [6.07, 6.45) is 0.235. The molecule has 3 heterocycles. The molecule has 6 rings (SSSR count). The molecule has 0 bridgehead atoms. The number of nitrogens with one attached hydrogen (secondary N) is 1. The van der Waals surface area contributed by atoms with Crippen molar-refractivity contribution in [1.82, 2.24) is 30.1 Å². The number of nitrogen functional groups attached to an aromatic ring is 1. The number of aromatic nitrogens is 1. The molecular weight excluding hydrogens is 597 g/mol. The Morgan fingerprint density at radius 2 is 1.87 bits per heavy atom. The average molecular weight is 632 g/mol. The minimum Gasteiger partial charge on any atom is -0.508 e. The van der Waals surface area contributed by atoms with Crippen LogP contribution >= 0.6 is 11.3 Å². The van der Waals surface area contributed by atoms with Gasteiger partial charge in [-0.05, 0) is 41.3 Å². The Hall–Kier alpha value is -4.75. The number of hydrogen-bond acceptors (Lipinski definition) is 8. The Kier molecular flexibility index (Phi) is 8.55. The van der Waals surface area contributed by atoms with Crippen molar-refractivity contribution in [2.75, 3.05) is 25.4 Å². The van der Waals surface area contributed by atoms with Gasteiger partial charge in [-0.15, -0.1) is 0 Å². The molecule has 4 aromatic rings. The number of hydrogen-bond donors (Lipinski definition) is 3. The fourth-order valence-corrected chi connectivity index (χ4v) is 6.83. The minimum absolute atomic E-state index is 0.0694. The second-order valence-electron chi connectivity index (χ2n) is 11.2. The van der Waals surface area contributed by atoms with Crippen LogP contribution in [0, 0.1) is 5.82 Å². The summed E-state index contributed by atoms with van der Waals surface area (Å²) in [6, 6.07) is 17.8. The summed E-state index contributed by atoms with van der Waals surface area (Å²) in [6.45, 7) is 2.82. The number of aromatic hydroxyl groups is 1. The zero-order chi connectivity index (χ0) is 31.7. The van der Waals surface area contributed by atoms with Crippen LogP contribution in [0.15, 0.2) is 66.7 Å². The number of piperazine rings is 1. The Morgan fingerprint density at radius 3 is 2.60 bits per heavy atom. The van der Waals surface area contributed by atoms with E-state index < -0.39 is 18.0 Å². The molecule has 11 nitrogen and oxygen atoms in total. The summed E-state index contributed by atoms with van der Waals surface area (Å²) in [5.41, 5.74) is 8.65. The third-order valence-corrected chi connectivity index (χ3v) is 9.05. The average Bonchev–Trinajstić information content (AvgIpc) is 3.59. The summed E-state index contributed by atoms with van der Waals surface area (Å²) in [4.78, 5) is 49.0. The molecule has 0 spiro atoms. The molecule has 234 valence electrons. The Labute approximate surface area is 263 Å². The molecule has 0 aliphatic carbocycles. The lowest BCUT2D eigenvalue weighted by Crippen LogP contribution is -2.66. The van der Waals surface area contributed by atoms with Crippen LogP contribution in [-0.4, -0.2) is 79.6 Å². The number of carbonyl (C=O) groups excluding carboxylic acids is 3. The Bertz CT molecular complexity index is 1720. The van der Waals surface area contributed by atoms with Crippen LogP contribution in [0.25, 0.3) is 10.2 Å². The standard InChI is InChI=1S/C32H34FN7O4S/c1-2-14-38(32(44)35-16-21-6-4-3-5-7-21)39-19-27(42)40-25(15-20-8-11-23(41)12-9-20)30(43)37(18-26(39)40)17-22-10-13-24(33)29-28(22)36-31(34)45-29/h3-13,25-26,41H,2,14-19H2,1H3,(H2,34,36)(H,35,44)/t25-,26+/m0/s1. The number of phenols is 1. The number of nitrogens with zero attached hydrogens (tertiary/aromatic N) is 5. The van der Waals surface area contributed by atoms with Crippen LogP contribution in [0.1, 0.15) is 30.0 Å². The van der Waals surface area contributed by atoms with E-state index in [1.807, 2.05) is 37.3 Å². The smallest absolute Gasteiger partial charge is 0.332 e. The number of halogens is 1. The van der Waals surface area contributed by atoms with Gasteiger partial charge in [-0.1, -0.05) is 66.8 Å². The maximum atomic E-state index is 14.6. The molecule has 1 aromatic heterocycles. The lowest BCUT2D eigenvalue weighted by molar-refractivity contribution is -0.157. The lowest BCUT2D eigenvalue weighted by atomic mass is 9.99. The summed E-state index contributed by atoms with van der Waals surface area (Å²) in [5.74, 6) is -0.874. The summed E-state index contributed by atoms with van der Waals surface area (Å²) < 4.78 is 14.9. The van der Waals surface area contributed by atoms with Crippen LogP contribution in [0.2, 0.25) is 0 Å². The third-order valence-electron chi connectivity index (χ3n) is 8.16. The van der Waals surface area contributed by atoms with E-state index in [4.69, 9.17) is 5.73 Å². The molecule has 2 atom stereocenters. The van der Waals surface area contributed by atoms with Gasteiger partial charge in [0.25, 0.3) is 0 Å². The van der Waals surface area contributed by atoms with Gasteiger partial charge >= 0.3 is 6.03 Å². The zero-order valence-corrected chi connectivity index (χ0v) is 25.5. The van der Waals surface area contributed by atoms with E-state index in [1.165, 1.54) is 18.2 Å². The van der Waals surface area contributed by atoms with Crippen molar-refractivity contribution >= 4 is 44.5 Å². The van der Waals surface area contributed by atoms with E-state index in [9.17, 15) is 23.9 Å². The number of amides is 4. The first-order valence-electron chi connectivity index (χ1n) is 14.8. The van der Waals surface area contributed by atoms with Crippen molar-refractivity contribution in [2.45, 2.75) is 45.1 Å². The Morgan fingerprint density at radius 1 is 1.11 bits per heavy atom. The second-order valence-corrected chi connectivity index (χ2v) is 12.2. The highest BCUT2D eigenvalue weighted by Gasteiger charge is 2.52. The first kappa shape index (κ1) is 30.3. The molecule has 2 aliphatic rings. The van der Waals surface area contributed by atoms with Crippen LogP contribution in [-0.2, 0) is 29.1 Å².